The number of aromatic nitrogens is 2. The van der Waals surface area contributed by atoms with Gasteiger partial charge in [0.05, 0.1) is 17.3 Å². The molecule has 0 fully saturated rings. The van der Waals surface area contributed by atoms with Crippen molar-refractivity contribution in [3.8, 4) is 0 Å². The fourth-order valence-corrected chi connectivity index (χ4v) is 2.73. The van der Waals surface area contributed by atoms with Crippen LogP contribution in [0, 0.1) is 0 Å². The fraction of sp³-hybridized carbons (Fsp3) is 0.417. The largest absolute Gasteiger partial charge is 0.357 e. The third-order valence-electron chi connectivity index (χ3n) is 2.89. The van der Waals surface area contributed by atoms with E-state index in [9.17, 15) is 8.42 Å². The lowest BCUT2D eigenvalue weighted by atomic mass is 10.4. The zero-order valence-electron chi connectivity index (χ0n) is 10.9. The van der Waals surface area contributed by atoms with Gasteiger partial charge in [0.15, 0.2) is 5.82 Å². The topological polar surface area (TPSA) is 54.7 Å². The summed E-state index contributed by atoms with van der Waals surface area (Å²) in [4.78, 5) is 6.32. The second-order valence-corrected chi connectivity index (χ2v) is 7.02. The Morgan fingerprint density at radius 3 is 2.79 bits per heavy atom. The van der Waals surface area contributed by atoms with E-state index in [1.54, 1.807) is 0 Å². The maximum Gasteiger partial charge on any atom is 0.152 e. The zero-order chi connectivity index (χ0) is 14.0. The predicted octanol–water partition coefficient (Wildman–Crippen LogP) is 1.55. The zero-order valence-corrected chi connectivity index (χ0v) is 12.4. The minimum absolute atomic E-state index is 0.0963. The van der Waals surface area contributed by atoms with Crippen molar-refractivity contribution in [2.75, 3.05) is 30.5 Å². The van der Waals surface area contributed by atoms with E-state index in [4.69, 9.17) is 11.6 Å². The number of pyridine rings is 1. The van der Waals surface area contributed by atoms with Gasteiger partial charge in [-0.1, -0.05) is 6.07 Å². The molecule has 19 heavy (non-hydrogen) atoms. The van der Waals surface area contributed by atoms with Crippen molar-refractivity contribution >= 4 is 32.9 Å². The first-order valence-electron chi connectivity index (χ1n) is 5.83. The van der Waals surface area contributed by atoms with Gasteiger partial charge >= 0.3 is 0 Å². The monoisotopic (exact) mass is 301 g/mol. The Bertz CT molecular complexity index is 681. The minimum atomic E-state index is -2.99. The highest BCUT2D eigenvalue weighted by atomic mass is 35.5. The Labute approximate surface area is 117 Å². The van der Waals surface area contributed by atoms with Gasteiger partial charge in [0, 0.05) is 26.0 Å². The molecule has 2 rings (SSSR count). The first kappa shape index (κ1) is 14.1. The molecule has 0 bridgehead atoms. The maximum absolute atomic E-state index is 11.2. The molecule has 7 heteroatoms. The van der Waals surface area contributed by atoms with Crippen molar-refractivity contribution in [2.45, 2.75) is 5.88 Å². The summed E-state index contributed by atoms with van der Waals surface area (Å²) in [5.41, 5.74) is 1.67. The number of imidazole rings is 1. The highest BCUT2D eigenvalue weighted by molar-refractivity contribution is 7.90. The average Bonchev–Trinajstić information content (AvgIpc) is 2.73. The number of anilines is 1. The third kappa shape index (κ3) is 3.19. The first-order chi connectivity index (χ1) is 8.92. The standard InChI is InChI=1S/C12H16ClN3O2S/c1-15(7-8-19(2,17)18)12-10(9-13)16-6-4-3-5-11(16)14-12/h3-6H,7-9H2,1-2H3. The first-order valence-corrected chi connectivity index (χ1v) is 8.42. The van der Waals surface area contributed by atoms with Gasteiger partial charge in [0.25, 0.3) is 0 Å². The molecular weight excluding hydrogens is 286 g/mol. The Hall–Kier alpha value is -1.27. The number of alkyl halides is 1. The van der Waals surface area contributed by atoms with E-state index in [0.29, 0.717) is 12.4 Å². The van der Waals surface area contributed by atoms with Crippen molar-refractivity contribution in [1.82, 2.24) is 9.38 Å². The molecule has 2 aromatic rings. The maximum atomic E-state index is 11.2. The molecule has 0 amide bonds. The van der Waals surface area contributed by atoms with Crippen LogP contribution in [0.15, 0.2) is 24.4 Å². The van der Waals surface area contributed by atoms with Gasteiger partial charge in [-0.15, -0.1) is 11.6 Å². The van der Waals surface area contributed by atoms with Gasteiger partial charge in [0.1, 0.15) is 15.5 Å². The molecule has 0 N–H and O–H groups in total. The van der Waals surface area contributed by atoms with Crippen molar-refractivity contribution < 1.29 is 8.42 Å². The van der Waals surface area contributed by atoms with Crippen LogP contribution in [0.2, 0.25) is 0 Å². The van der Waals surface area contributed by atoms with E-state index in [-0.39, 0.29) is 5.75 Å². The summed E-state index contributed by atoms with van der Waals surface area (Å²) in [6, 6.07) is 5.70. The van der Waals surface area contributed by atoms with Gasteiger partial charge in [-0.2, -0.15) is 0 Å². The van der Waals surface area contributed by atoms with Crippen molar-refractivity contribution in [3.63, 3.8) is 0 Å². The van der Waals surface area contributed by atoms with Gasteiger partial charge in [-0.25, -0.2) is 13.4 Å². The molecule has 0 aliphatic carbocycles. The van der Waals surface area contributed by atoms with Crippen LogP contribution >= 0.6 is 11.6 Å². The molecule has 0 unspecified atom stereocenters. The number of hydrogen-bond acceptors (Lipinski definition) is 4. The van der Waals surface area contributed by atoms with Gasteiger partial charge in [-0.3, -0.25) is 0 Å². The summed E-state index contributed by atoms with van der Waals surface area (Å²) in [6.07, 6.45) is 3.13. The molecule has 0 atom stereocenters. The lowest BCUT2D eigenvalue weighted by Gasteiger charge is -2.17. The van der Waals surface area contributed by atoms with E-state index >= 15 is 0 Å². The molecule has 0 radical (unpaired) electrons. The van der Waals surface area contributed by atoms with Crippen LogP contribution in [0.25, 0.3) is 5.65 Å². The summed E-state index contributed by atoms with van der Waals surface area (Å²) >= 11 is 5.98. The van der Waals surface area contributed by atoms with E-state index in [1.807, 2.05) is 40.7 Å². The van der Waals surface area contributed by atoms with Gasteiger partial charge in [-0.05, 0) is 12.1 Å². The lowest BCUT2D eigenvalue weighted by Crippen LogP contribution is -2.26. The number of nitrogens with zero attached hydrogens (tertiary/aromatic N) is 3. The van der Waals surface area contributed by atoms with Crippen LogP contribution in [0.5, 0.6) is 0 Å². The SMILES string of the molecule is CN(CCS(C)(=O)=O)c1nc2ccccn2c1CCl. The summed E-state index contributed by atoms with van der Waals surface area (Å²) < 4.78 is 24.3. The van der Waals surface area contributed by atoms with Crippen LogP contribution in [-0.4, -0.2) is 43.4 Å². The van der Waals surface area contributed by atoms with Crippen LogP contribution in [0.4, 0.5) is 5.82 Å². The highest BCUT2D eigenvalue weighted by Crippen LogP contribution is 2.22. The second kappa shape index (κ2) is 5.38. The second-order valence-electron chi connectivity index (χ2n) is 4.50. The molecule has 0 aromatic carbocycles. The minimum Gasteiger partial charge on any atom is -0.357 e. The molecule has 0 spiro atoms. The highest BCUT2D eigenvalue weighted by Gasteiger charge is 2.15. The Morgan fingerprint density at radius 2 is 2.16 bits per heavy atom. The smallest absolute Gasteiger partial charge is 0.152 e. The fourth-order valence-electron chi connectivity index (χ4n) is 1.87. The number of hydrogen-bond donors (Lipinski definition) is 0. The van der Waals surface area contributed by atoms with Crippen LogP contribution in [-0.2, 0) is 15.7 Å². The molecule has 0 aliphatic rings. The van der Waals surface area contributed by atoms with Crippen LogP contribution in [0.3, 0.4) is 0 Å². The van der Waals surface area contributed by atoms with Gasteiger partial charge < -0.3 is 9.30 Å². The number of rotatable bonds is 5. The van der Waals surface area contributed by atoms with Crippen molar-refractivity contribution in [3.05, 3.63) is 30.1 Å². The Balaban J connectivity index is 2.33. The molecule has 5 nitrogen and oxygen atoms in total. The number of halogens is 1. The molecule has 0 aliphatic heterocycles. The van der Waals surface area contributed by atoms with Crippen LogP contribution < -0.4 is 4.90 Å². The molecule has 2 heterocycles. The lowest BCUT2D eigenvalue weighted by molar-refractivity contribution is 0.601. The number of sulfone groups is 1. The van der Waals surface area contributed by atoms with Crippen molar-refractivity contribution in [2.24, 2.45) is 0 Å². The summed E-state index contributed by atoms with van der Waals surface area (Å²) in [7, 11) is -1.16. The number of fused-ring (bicyclic) bond motifs is 1. The van der Waals surface area contributed by atoms with E-state index < -0.39 is 9.84 Å². The molecule has 0 saturated heterocycles. The van der Waals surface area contributed by atoms with Crippen LogP contribution in [0.1, 0.15) is 5.69 Å². The average molecular weight is 302 g/mol. The summed E-state index contributed by atoms with van der Waals surface area (Å²) in [6.45, 7) is 0.395. The van der Waals surface area contributed by atoms with E-state index in [2.05, 4.69) is 4.98 Å². The van der Waals surface area contributed by atoms with E-state index in [1.165, 1.54) is 6.26 Å². The molecule has 2 aromatic heterocycles. The Morgan fingerprint density at radius 1 is 1.42 bits per heavy atom. The quantitative estimate of drug-likeness (QED) is 0.786. The third-order valence-corrected chi connectivity index (χ3v) is 4.07. The summed E-state index contributed by atoms with van der Waals surface area (Å²) in [5, 5.41) is 0. The summed E-state index contributed by atoms with van der Waals surface area (Å²) in [5.74, 6) is 1.15. The Kier molecular flexibility index (Phi) is 4.01. The van der Waals surface area contributed by atoms with Crippen molar-refractivity contribution in [1.29, 1.82) is 0 Å². The predicted molar refractivity (Wildman–Crippen MR) is 77.7 cm³/mol. The molecular formula is C12H16ClN3O2S. The molecule has 104 valence electrons. The van der Waals surface area contributed by atoms with Gasteiger partial charge in [0.2, 0.25) is 0 Å². The normalized spacial score (nSPS) is 11.9. The molecule has 0 saturated carbocycles. The van der Waals surface area contributed by atoms with E-state index in [0.717, 1.165) is 17.2 Å².